The lowest BCUT2D eigenvalue weighted by molar-refractivity contribution is 0.133. The van der Waals surface area contributed by atoms with E-state index in [-0.39, 0.29) is 6.04 Å². The zero-order valence-corrected chi connectivity index (χ0v) is 6.83. The second-order valence-electron chi connectivity index (χ2n) is 2.76. The van der Waals surface area contributed by atoms with Gasteiger partial charge in [-0.15, -0.1) is 0 Å². The van der Waals surface area contributed by atoms with E-state index in [0.29, 0.717) is 0 Å². The Hall–Kier alpha value is -0.860. The van der Waals surface area contributed by atoms with Crippen LogP contribution in [0.15, 0.2) is 24.3 Å². The molecule has 0 amide bonds. The molecule has 0 spiro atoms. The second kappa shape index (κ2) is 3.51. The van der Waals surface area contributed by atoms with E-state index in [9.17, 15) is 0 Å². The van der Waals surface area contributed by atoms with Crippen LogP contribution in [0.3, 0.4) is 0 Å². The smallest absolute Gasteiger partial charge is 0.0540 e. The molecule has 1 aromatic carbocycles. The van der Waals surface area contributed by atoms with Gasteiger partial charge in [0, 0.05) is 0 Å². The third-order valence-electron chi connectivity index (χ3n) is 1.77. The molecule has 2 N–H and O–H groups in total. The Morgan fingerprint density at radius 1 is 1.27 bits per heavy atom. The molecule has 0 unspecified atom stereocenters. The minimum Gasteiger partial charge on any atom is -0.316 e. The summed E-state index contributed by atoms with van der Waals surface area (Å²) in [6.45, 7) is 3.95. The van der Waals surface area contributed by atoms with Gasteiger partial charge in [0.05, 0.1) is 6.04 Å². The first kappa shape index (κ1) is 8.24. The SMILES string of the molecule is Cc1ccc([C@@H](C)NO)cc1. The fourth-order valence-corrected chi connectivity index (χ4v) is 0.930. The van der Waals surface area contributed by atoms with E-state index in [1.54, 1.807) is 0 Å². The highest BCUT2D eigenvalue weighted by atomic mass is 16.5. The Morgan fingerprint density at radius 2 is 1.82 bits per heavy atom. The van der Waals surface area contributed by atoms with Crippen LogP contribution < -0.4 is 5.48 Å². The molecule has 0 aromatic heterocycles. The summed E-state index contributed by atoms with van der Waals surface area (Å²) >= 11 is 0. The lowest BCUT2D eigenvalue weighted by Crippen LogP contribution is -2.12. The molecule has 0 bridgehead atoms. The Balaban J connectivity index is 2.81. The van der Waals surface area contributed by atoms with Crippen molar-refractivity contribution in [3.8, 4) is 0 Å². The van der Waals surface area contributed by atoms with Gasteiger partial charge in [-0.1, -0.05) is 29.8 Å². The van der Waals surface area contributed by atoms with E-state index in [4.69, 9.17) is 5.21 Å². The van der Waals surface area contributed by atoms with Crippen LogP contribution in [0.1, 0.15) is 24.1 Å². The number of aryl methyl sites for hydroxylation is 1. The van der Waals surface area contributed by atoms with Crippen LogP contribution in [-0.2, 0) is 0 Å². The molecule has 2 nitrogen and oxygen atoms in total. The summed E-state index contributed by atoms with van der Waals surface area (Å²) < 4.78 is 0. The molecule has 0 saturated carbocycles. The standard InChI is InChI=1S/C9H13NO/c1-7-3-5-9(6-4-7)8(2)10-11/h3-6,8,10-11H,1-2H3/t8-/m1/s1. The highest BCUT2D eigenvalue weighted by molar-refractivity contribution is 5.23. The highest BCUT2D eigenvalue weighted by Gasteiger charge is 2.00. The summed E-state index contributed by atoms with van der Waals surface area (Å²) in [4.78, 5) is 0. The Bertz CT molecular complexity index is 218. The molecule has 0 aliphatic heterocycles. The maximum Gasteiger partial charge on any atom is 0.0540 e. The molecule has 60 valence electrons. The predicted octanol–water partition coefficient (Wildman–Crippen LogP) is 2.03. The Labute approximate surface area is 66.8 Å². The summed E-state index contributed by atoms with van der Waals surface area (Å²) in [6, 6.07) is 8.08. The first-order chi connectivity index (χ1) is 5.24. The van der Waals surface area contributed by atoms with Gasteiger partial charge in [-0.05, 0) is 19.4 Å². The maximum atomic E-state index is 8.61. The van der Waals surface area contributed by atoms with Crippen molar-refractivity contribution >= 4 is 0 Å². The van der Waals surface area contributed by atoms with Gasteiger partial charge in [0.2, 0.25) is 0 Å². The zero-order chi connectivity index (χ0) is 8.27. The van der Waals surface area contributed by atoms with Crippen LogP contribution in [0.2, 0.25) is 0 Å². The van der Waals surface area contributed by atoms with E-state index in [2.05, 4.69) is 5.48 Å². The number of nitrogens with one attached hydrogen (secondary N) is 1. The van der Waals surface area contributed by atoms with E-state index in [1.807, 2.05) is 38.1 Å². The van der Waals surface area contributed by atoms with Gasteiger partial charge in [0.15, 0.2) is 0 Å². The molecule has 11 heavy (non-hydrogen) atoms. The van der Waals surface area contributed by atoms with Crippen molar-refractivity contribution in [3.05, 3.63) is 35.4 Å². The number of hydrogen-bond acceptors (Lipinski definition) is 2. The van der Waals surface area contributed by atoms with Crippen molar-refractivity contribution in [3.63, 3.8) is 0 Å². The van der Waals surface area contributed by atoms with Crippen LogP contribution in [0.25, 0.3) is 0 Å². The molecule has 1 rings (SSSR count). The lowest BCUT2D eigenvalue weighted by atomic mass is 10.1. The molecule has 0 aliphatic rings. The molecule has 0 heterocycles. The van der Waals surface area contributed by atoms with Crippen molar-refractivity contribution in [2.75, 3.05) is 0 Å². The van der Waals surface area contributed by atoms with Gasteiger partial charge in [0.1, 0.15) is 0 Å². The van der Waals surface area contributed by atoms with Crippen LogP contribution in [-0.4, -0.2) is 5.21 Å². The van der Waals surface area contributed by atoms with Crippen LogP contribution in [0.5, 0.6) is 0 Å². The Kier molecular flexibility index (Phi) is 2.63. The fourth-order valence-electron chi connectivity index (χ4n) is 0.930. The lowest BCUT2D eigenvalue weighted by Gasteiger charge is -2.08. The zero-order valence-electron chi connectivity index (χ0n) is 6.83. The third-order valence-corrected chi connectivity index (χ3v) is 1.77. The predicted molar refractivity (Wildman–Crippen MR) is 44.5 cm³/mol. The molecule has 1 aromatic rings. The largest absolute Gasteiger partial charge is 0.316 e. The molecular weight excluding hydrogens is 138 g/mol. The van der Waals surface area contributed by atoms with Gasteiger partial charge in [-0.25, -0.2) is 0 Å². The van der Waals surface area contributed by atoms with Gasteiger partial charge < -0.3 is 5.21 Å². The van der Waals surface area contributed by atoms with Crippen molar-refractivity contribution in [2.45, 2.75) is 19.9 Å². The number of hydroxylamine groups is 1. The van der Waals surface area contributed by atoms with Gasteiger partial charge in [0.25, 0.3) is 0 Å². The second-order valence-corrected chi connectivity index (χ2v) is 2.76. The summed E-state index contributed by atoms with van der Waals surface area (Å²) in [5, 5.41) is 8.61. The van der Waals surface area contributed by atoms with E-state index >= 15 is 0 Å². The first-order valence-corrected chi connectivity index (χ1v) is 3.70. The topological polar surface area (TPSA) is 32.3 Å². The normalized spacial score (nSPS) is 13.0. The van der Waals surface area contributed by atoms with E-state index in [1.165, 1.54) is 5.56 Å². The molecule has 0 aliphatic carbocycles. The summed E-state index contributed by atoms with van der Waals surface area (Å²) in [7, 11) is 0. The average molecular weight is 151 g/mol. The monoisotopic (exact) mass is 151 g/mol. The maximum absolute atomic E-state index is 8.61. The fraction of sp³-hybridized carbons (Fsp3) is 0.333. The van der Waals surface area contributed by atoms with Crippen molar-refractivity contribution in [1.82, 2.24) is 5.48 Å². The number of benzene rings is 1. The van der Waals surface area contributed by atoms with Crippen molar-refractivity contribution < 1.29 is 5.21 Å². The Morgan fingerprint density at radius 3 is 2.27 bits per heavy atom. The molecule has 1 atom stereocenters. The van der Waals surface area contributed by atoms with Crippen LogP contribution >= 0.6 is 0 Å². The molecule has 0 saturated heterocycles. The molecule has 0 radical (unpaired) electrons. The quantitative estimate of drug-likeness (QED) is 0.634. The summed E-state index contributed by atoms with van der Waals surface area (Å²) in [5.74, 6) is 0. The summed E-state index contributed by atoms with van der Waals surface area (Å²) in [5.41, 5.74) is 4.53. The first-order valence-electron chi connectivity index (χ1n) is 3.70. The molecular formula is C9H13NO. The minimum absolute atomic E-state index is 0.00981. The van der Waals surface area contributed by atoms with Gasteiger partial charge in [-0.3, -0.25) is 0 Å². The van der Waals surface area contributed by atoms with Gasteiger partial charge in [-0.2, -0.15) is 5.48 Å². The van der Waals surface area contributed by atoms with E-state index in [0.717, 1.165) is 5.56 Å². The third kappa shape index (κ3) is 2.03. The minimum atomic E-state index is 0.00981. The van der Waals surface area contributed by atoms with E-state index < -0.39 is 0 Å². The van der Waals surface area contributed by atoms with Crippen molar-refractivity contribution in [2.24, 2.45) is 0 Å². The molecule has 0 fully saturated rings. The van der Waals surface area contributed by atoms with Crippen LogP contribution in [0.4, 0.5) is 0 Å². The van der Waals surface area contributed by atoms with Crippen molar-refractivity contribution in [1.29, 1.82) is 0 Å². The average Bonchev–Trinajstić information content (AvgIpc) is 2.05. The highest BCUT2D eigenvalue weighted by Crippen LogP contribution is 2.11. The number of hydrogen-bond donors (Lipinski definition) is 2. The summed E-state index contributed by atoms with van der Waals surface area (Å²) in [6.07, 6.45) is 0. The molecule has 2 heteroatoms. The van der Waals surface area contributed by atoms with Gasteiger partial charge >= 0.3 is 0 Å². The van der Waals surface area contributed by atoms with Crippen LogP contribution in [0, 0.1) is 6.92 Å². The number of rotatable bonds is 2.